The van der Waals surface area contributed by atoms with Gasteiger partial charge in [-0.15, -0.1) is 0 Å². The van der Waals surface area contributed by atoms with Gasteiger partial charge in [-0.3, -0.25) is 4.90 Å². The van der Waals surface area contributed by atoms with Gasteiger partial charge in [0.2, 0.25) is 0 Å². The zero-order chi connectivity index (χ0) is 15.5. The van der Waals surface area contributed by atoms with Gasteiger partial charge in [-0.1, -0.05) is 11.2 Å². The van der Waals surface area contributed by atoms with Crippen molar-refractivity contribution >= 4 is 0 Å². The van der Waals surface area contributed by atoms with Crippen LogP contribution in [0.3, 0.4) is 0 Å². The highest BCUT2D eigenvalue weighted by molar-refractivity contribution is 5.42. The monoisotopic (exact) mass is 302 g/mol. The number of aromatic nitrogens is 1. The molecule has 118 valence electrons. The highest BCUT2D eigenvalue weighted by Gasteiger charge is 2.29. The average molecular weight is 302 g/mol. The van der Waals surface area contributed by atoms with Crippen molar-refractivity contribution in [1.29, 1.82) is 0 Å². The Kier molecular flexibility index (Phi) is 4.34. The molecule has 22 heavy (non-hydrogen) atoms. The molecular formula is C17H22N2O3. The Hall–Kier alpha value is -2.01. The summed E-state index contributed by atoms with van der Waals surface area (Å²) in [4.78, 5) is 2.43. The first-order valence-electron chi connectivity index (χ1n) is 7.59. The van der Waals surface area contributed by atoms with E-state index < -0.39 is 0 Å². The average Bonchev–Trinajstić information content (AvgIpc) is 3.15. The third-order valence-electron chi connectivity index (χ3n) is 4.17. The Morgan fingerprint density at radius 3 is 2.73 bits per heavy atom. The number of methoxy groups -OCH3 is 2. The fourth-order valence-corrected chi connectivity index (χ4v) is 3.09. The molecule has 1 aliphatic rings. The number of rotatable bonds is 5. The largest absolute Gasteiger partial charge is 0.493 e. The minimum Gasteiger partial charge on any atom is -0.493 e. The number of hydrogen-bond acceptors (Lipinski definition) is 5. The van der Waals surface area contributed by atoms with Crippen LogP contribution in [-0.4, -0.2) is 30.8 Å². The fourth-order valence-electron chi connectivity index (χ4n) is 3.09. The molecule has 2 heterocycles. The maximum atomic E-state index is 5.46. The molecule has 0 aliphatic carbocycles. The predicted molar refractivity (Wildman–Crippen MR) is 83.2 cm³/mol. The van der Waals surface area contributed by atoms with Crippen molar-refractivity contribution in [1.82, 2.24) is 10.1 Å². The van der Waals surface area contributed by atoms with E-state index >= 15 is 0 Å². The van der Waals surface area contributed by atoms with Gasteiger partial charge in [0.15, 0.2) is 17.3 Å². The van der Waals surface area contributed by atoms with Crippen LogP contribution in [0.15, 0.2) is 28.8 Å². The Bertz CT molecular complexity index is 639. The molecule has 5 nitrogen and oxygen atoms in total. The number of benzene rings is 1. The molecule has 1 aliphatic heterocycles. The molecule has 0 radical (unpaired) electrons. The van der Waals surface area contributed by atoms with E-state index in [0.717, 1.165) is 42.5 Å². The van der Waals surface area contributed by atoms with Crippen LogP contribution in [0.1, 0.15) is 35.9 Å². The van der Waals surface area contributed by atoms with Crippen LogP contribution >= 0.6 is 0 Å². The summed E-state index contributed by atoms with van der Waals surface area (Å²) in [5, 5.41) is 4.01. The first-order chi connectivity index (χ1) is 10.7. The quantitative estimate of drug-likeness (QED) is 0.848. The SMILES string of the molecule is COc1ccc(CN2CCCC2c2cc(C)no2)cc1OC. The summed E-state index contributed by atoms with van der Waals surface area (Å²) in [5.74, 6) is 2.50. The second-order valence-corrected chi connectivity index (χ2v) is 5.69. The summed E-state index contributed by atoms with van der Waals surface area (Å²) in [6.07, 6.45) is 2.29. The molecule has 5 heteroatoms. The van der Waals surface area contributed by atoms with Crippen LogP contribution in [0, 0.1) is 6.92 Å². The maximum Gasteiger partial charge on any atom is 0.161 e. The van der Waals surface area contributed by atoms with E-state index in [1.807, 2.05) is 25.1 Å². The minimum absolute atomic E-state index is 0.314. The summed E-state index contributed by atoms with van der Waals surface area (Å²) in [5.41, 5.74) is 2.15. The van der Waals surface area contributed by atoms with Gasteiger partial charge >= 0.3 is 0 Å². The lowest BCUT2D eigenvalue weighted by atomic mass is 10.1. The van der Waals surface area contributed by atoms with Crippen LogP contribution < -0.4 is 9.47 Å². The van der Waals surface area contributed by atoms with Gasteiger partial charge in [0, 0.05) is 12.6 Å². The van der Waals surface area contributed by atoms with E-state index in [9.17, 15) is 0 Å². The summed E-state index contributed by atoms with van der Waals surface area (Å²) in [6, 6.07) is 8.44. The molecule has 1 unspecified atom stereocenters. The molecule has 0 saturated carbocycles. The highest BCUT2D eigenvalue weighted by Crippen LogP contribution is 2.35. The van der Waals surface area contributed by atoms with Crippen molar-refractivity contribution in [2.24, 2.45) is 0 Å². The van der Waals surface area contributed by atoms with Gasteiger partial charge in [0.25, 0.3) is 0 Å². The van der Waals surface area contributed by atoms with E-state index in [-0.39, 0.29) is 0 Å². The van der Waals surface area contributed by atoms with Crippen molar-refractivity contribution in [3.63, 3.8) is 0 Å². The Balaban J connectivity index is 1.77. The lowest BCUT2D eigenvalue weighted by Crippen LogP contribution is -2.22. The van der Waals surface area contributed by atoms with E-state index in [1.54, 1.807) is 14.2 Å². The number of hydrogen-bond donors (Lipinski definition) is 0. The number of nitrogens with zero attached hydrogens (tertiary/aromatic N) is 2. The fraction of sp³-hybridized carbons (Fsp3) is 0.471. The molecule has 1 atom stereocenters. The topological polar surface area (TPSA) is 47.7 Å². The lowest BCUT2D eigenvalue weighted by Gasteiger charge is -2.22. The highest BCUT2D eigenvalue weighted by atomic mass is 16.5. The third-order valence-corrected chi connectivity index (χ3v) is 4.17. The summed E-state index contributed by atoms with van der Waals surface area (Å²) in [6.45, 7) is 3.89. The Morgan fingerprint density at radius 2 is 2.05 bits per heavy atom. The molecule has 1 aromatic heterocycles. The van der Waals surface area contributed by atoms with Crippen molar-refractivity contribution in [3.8, 4) is 11.5 Å². The van der Waals surface area contributed by atoms with E-state index in [1.165, 1.54) is 12.0 Å². The van der Waals surface area contributed by atoms with Crippen molar-refractivity contribution in [2.75, 3.05) is 20.8 Å². The van der Waals surface area contributed by atoms with Gasteiger partial charge in [0.1, 0.15) is 0 Å². The molecular weight excluding hydrogens is 280 g/mol. The smallest absolute Gasteiger partial charge is 0.161 e. The Labute approximate surface area is 130 Å². The van der Waals surface area contributed by atoms with Gasteiger partial charge in [-0.2, -0.15) is 0 Å². The molecule has 0 bridgehead atoms. The predicted octanol–water partition coefficient (Wildman–Crippen LogP) is 3.34. The number of aryl methyl sites for hydroxylation is 1. The molecule has 1 saturated heterocycles. The Morgan fingerprint density at radius 1 is 1.23 bits per heavy atom. The van der Waals surface area contributed by atoms with Crippen LogP contribution in [0.4, 0.5) is 0 Å². The van der Waals surface area contributed by atoms with Crippen molar-refractivity contribution < 1.29 is 14.0 Å². The lowest BCUT2D eigenvalue weighted by molar-refractivity contribution is 0.206. The summed E-state index contributed by atoms with van der Waals surface area (Å²) >= 11 is 0. The zero-order valence-corrected chi connectivity index (χ0v) is 13.3. The van der Waals surface area contributed by atoms with Gasteiger partial charge in [0.05, 0.1) is 26.0 Å². The van der Waals surface area contributed by atoms with Crippen LogP contribution in [-0.2, 0) is 6.54 Å². The molecule has 0 spiro atoms. The summed E-state index contributed by atoms with van der Waals surface area (Å²) in [7, 11) is 3.32. The maximum absolute atomic E-state index is 5.46. The molecule has 0 N–H and O–H groups in total. The molecule has 2 aromatic rings. The number of likely N-dealkylation sites (tertiary alicyclic amines) is 1. The van der Waals surface area contributed by atoms with Gasteiger partial charge in [-0.25, -0.2) is 0 Å². The van der Waals surface area contributed by atoms with Crippen LogP contribution in [0.5, 0.6) is 11.5 Å². The second kappa shape index (κ2) is 6.40. The zero-order valence-electron chi connectivity index (χ0n) is 13.3. The van der Waals surface area contributed by atoms with E-state index in [0.29, 0.717) is 6.04 Å². The minimum atomic E-state index is 0.314. The van der Waals surface area contributed by atoms with Crippen LogP contribution in [0.25, 0.3) is 0 Å². The third kappa shape index (κ3) is 2.95. The molecule has 3 rings (SSSR count). The summed E-state index contributed by atoms with van der Waals surface area (Å²) < 4.78 is 16.1. The van der Waals surface area contributed by atoms with Gasteiger partial charge in [-0.05, 0) is 44.0 Å². The standard InChI is InChI=1S/C17H22N2O3/c1-12-9-16(22-18-12)14-5-4-8-19(14)11-13-6-7-15(20-2)17(10-13)21-3/h6-7,9-10,14H,4-5,8,11H2,1-3H3. The first kappa shape index (κ1) is 14.9. The first-order valence-corrected chi connectivity index (χ1v) is 7.59. The normalized spacial score (nSPS) is 18.6. The van der Waals surface area contributed by atoms with E-state index in [4.69, 9.17) is 14.0 Å². The van der Waals surface area contributed by atoms with Crippen molar-refractivity contribution in [3.05, 3.63) is 41.3 Å². The molecule has 1 aromatic carbocycles. The van der Waals surface area contributed by atoms with E-state index in [2.05, 4.69) is 16.1 Å². The molecule has 0 amide bonds. The second-order valence-electron chi connectivity index (χ2n) is 5.69. The van der Waals surface area contributed by atoms with Crippen molar-refractivity contribution in [2.45, 2.75) is 32.4 Å². The van der Waals surface area contributed by atoms with Crippen LogP contribution in [0.2, 0.25) is 0 Å². The van der Waals surface area contributed by atoms with Gasteiger partial charge < -0.3 is 14.0 Å². The molecule has 1 fully saturated rings. The number of ether oxygens (including phenoxy) is 2.